The Morgan fingerprint density at radius 2 is 1.12 bits per heavy atom. The summed E-state index contributed by atoms with van der Waals surface area (Å²) in [5.74, 6) is 0. The first kappa shape index (κ1) is 22.3. The van der Waals surface area contributed by atoms with Crippen molar-refractivity contribution in [1.82, 2.24) is 5.48 Å². The van der Waals surface area contributed by atoms with Crippen LogP contribution < -0.4 is 15.9 Å². The first-order valence-corrected chi connectivity index (χ1v) is 10.8. The molecule has 0 saturated carbocycles. The Morgan fingerprint density at radius 1 is 0.636 bits per heavy atom. The SMILES string of the molecule is CONCONc1ccc(C=Cc2ccc(N(c3ccccc3)c3ccccc3)cc2)cc1. The smallest absolute Gasteiger partial charge is 0.147 e. The van der Waals surface area contributed by atoms with Crippen LogP contribution in [0.15, 0.2) is 109 Å². The lowest BCUT2D eigenvalue weighted by Gasteiger charge is -2.25. The van der Waals surface area contributed by atoms with E-state index in [9.17, 15) is 0 Å². The molecular weight excluding hydrogens is 410 g/mol. The van der Waals surface area contributed by atoms with Gasteiger partial charge in [0.15, 0.2) is 0 Å². The predicted molar refractivity (Wildman–Crippen MR) is 136 cm³/mol. The molecule has 0 saturated heterocycles. The van der Waals surface area contributed by atoms with E-state index in [-0.39, 0.29) is 6.73 Å². The number of nitrogens with zero attached hydrogens (tertiary/aromatic N) is 1. The second-order valence-corrected chi connectivity index (χ2v) is 7.29. The van der Waals surface area contributed by atoms with Crippen LogP contribution in [0.2, 0.25) is 0 Å². The van der Waals surface area contributed by atoms with Gasteiger partial charge < -0.3 is 9.74 Å². The quantitative estimate of drug-likeness (QED) is 0.124. The Kier molecular flexibility index (Phi) is 7.87. The van der Waals surface area contributed by atoms with Gasteiger partial charge in [-0.1, -0.05) is 72.8 Å². The third kappa shape index (κ3) is 6.30. The Labute approximate surface area is 194 Å². The minimum atomic E-state index is 0.250. The Hall–Kier alpha value is -3.90. The molecule has 166 valence electrons. The van der Waals surface area contributed by atoms with E-state index in [1.807, 2.05) is 36.4 Å². The van der Waals surface area contributed by atoms with Gasteiger partial charge in [-0.3, -0.25) is 10.3 Å². The second kappa shape index (κ2) is 11.6. The summed E-state index contributed by atoms with van der Waals surface area (Å²) in [5.41, 5.74) is 11.9. The summed E-state index contributed by atoms with van der Waals surface area (Å²) in [7, 11) is 1.54. The summed E-state index contributed by atoms with van der Waals surface area (Å²) in [6.45, 7) is 0.250. The van der Waals surface area contributed by atoms with Crippen molar-refractivity contribution in [2.45, 2.75) is 0 Å². The van der Waals surface area contributed by atoms with Crippen LogP contribution in [-0.4, -0.2) is 13.8 Å². The molecule has 0 spiro atoms. The van der Waals surface area contributed by atoms with E-state index in [4.69, 9.17) is 9.68 Å². The molecular formula is C28H27N3O2. The lowest BCUT2D eigenvalue weighted by atomic mass is 10.1. The molecule has 33 heavy (non-hydrogen) atoms. The van der Waals surface area contributed by atoms with Crippen LogP contribution in [0.3, 0.4) is 0 Å². The van der Waals surface area contributed by atoms with Crippen LogP contribution in [-0.2, 0) is 9.68 Å². The highest BCUT2D eigenvalue weighted by molar-refractivity contribution is 5.78. The number of hydrogen-bond donors (Lipinski definition) is 2. The number of rotatable bonds is 10. The molecule has 0 atom stereocenters. The number of anilines is 4. The monoisotopic (exact) mass is 437 g/mol. The van der Waals surface area contributed by atoms with Gasteiger partial charge >= 0.3 is 0 Å². The molecule has 0 aliphatic rings. The Balaban J connectivity index is 1.45. The first-order valence-electron chi connectivity index (χ1n) is 10.8. The fourth-order valence-electron chi connectivity index (χ4n) is 3.40. The van der Waals surface area contributed by atoms with Gasteiger partial charge in [0.05, 0.1) is 12.8 Å². The van der Waals surface area contributed by atoms with Crippen molar-refractivity contribution in [2.75, 3.05) is 24.2 Å². The molecule has 5 heteroatoms. The molecule has 0 unspecified atom stereocenters. The fraction of sp³-hybridized carbons (Fsp3) is 0.0714. The maximum atomic E-state index is 5.22. The van der Waals surface area contributed by atoms with E-state index in [2.05, 4.69) is 101 Å². The topological polar surface area (TPSA) is 45.8 Å². The fourth-order valence-corrected chi connectivity index (χ4v) is 3.40. The average molecular weight is 438 g/mol. The lowest BCUT2D eigenvalue weighted by Crippen LogP contribution is -2.18. The second-order valence-electron chi connectivity index (χ2n) is 7.29. The summed E-state index contributed by atoms with van der Waals surface area (Å²) >= 11 is 0. The van der Waals surface area contributed by atoms with Crippen molar-refractivity contribution in [3.05, 3.63) is 120 Å². The number of para-hydroxylation sites is 2. The molecule has 0 aliphatic carbocycles. The maximum absolute atomic E-state index is 5.22. The van der Waals surface area contributed by atoms with E-state index < -0.39 is 0 Å². The molecule has 0 bridgehead atoms. The third-order valence-corrected chi connectivity index (χ3v) is 5.02. The highest BCUT2D eigenvalue weighted by Gasteiger charge is 2.11. The minimum absolute atomic E-state index is 0.250. The lowest BCUT2D eigenvalue weighted by molar-refractivity contribution is 0.0111. The van der Waals surface area contributed by atoms with E-state index in [1.165, 1.54) is 0 Å². The van der Waals surface area contributed by atoms with E-state index >= 15 is 0 Å². The summed E-state index contributed by atoms with van der Waals surface area (Å²) in [6.07, 6.45) is 4.21. The van der Waals surface area contributed by atoms with Crippen molar-refractivity contribution < 1.29 is 9.68 Å². The molecule has 5 nitrogen and oxygen atoms in total. The summed E-state index contributed by atoms with van der Waals surface area (Å²) in [4.78, 5) is 12.2. The molecule has 4 aromatic rings. The number of hydroxylamine groups is 1. The van der Waals surface area contributed by atoms with E-state index in [1.54, 1.807) is 7.11 Å². The van der Waals surface area contributed by atoms with Gasteiger partial charge in [-0.15, -0.1) is 0 Å². The van der Waals surface area contributed by atoms with Crippen molar-refractivity contribution >= 4 is 34.9 Å². The van der Waals surface area contributed by atoms with Crippen molar-refractivity contribution in [3.8, 4) is 0 Å². The zero-order valence-corrected chi connectivity index (χ0v) is 18.5. The highest BCUT2D eigenvalue weighted by Crippen LogP contribution is 2.34. The van der Waals surface area contributed by atoms with Crippen molar-refractivity contribution in [1.29, 1.82) is 0 Å². The minimum Gasteiger partial charge on any atom is -0.311 e. The summed E-state index contributed by atoms with van der Waals surface area (Å²) in [5, 5.41) is 0. The molecule has 0 aromatic heterocycles. The zero-order chi connectivity index (χ0) is 22.7. The first-order chi connectivity index (χ1) is 16.3. The largest absolute Gasteiger partial charge is 0.311 e. The van der Waals surface area contributed by atoms with Gasteiger partial charge in [-0.25, -0.2) is 0 Å². The normalized spacial score (nSPS) is 10.9. The van der Waals surface area contributed by atoms with Gasteiger partial charge in [0, 0.05) is 17.1 Å². The van der Waals surface area contributed by atoms with E-state index in [0.717, 1.165) is 33.9 Å². The highest BCUT2D eigenvalue weighted by atomic mass is 16.7. The molecule has 0 heterocycles. The molecule has 0 fully saturated rings. The van der Waals surface area contributed by atoms with Crippen LogP contribution in [0.25, 0.3) is 12.2 Å². The number of nitrogens with one attached hydrogen (secondary N) is 2. The van der Waals surface area contributed by atoms with Crippen LogP contribution in [0, 0.1) is 0 Å². The Morgan fingerprint density at radius 3 is 1.64 bits per heavy atom. The van der Waals surface area contributed by atoms with Crippen LogP contribution >= 0.6 is 0 Å². The van der Waals surface area contributed by atoms with E-state index in [0.29, 0.717) is 0 Å². The Bertz CT molecular complexity index is 1090. The molecule has 0 radical (unpaired) electrons. The number of hydrogen-bond acceptors (Lipinski definition) is 5. The summed E-state index contributed by atoms with van der Waals surface area (Å²) in [6, 6.07) is 37.4. The van der Waals surface area contributed by atoms with Gasteiger partial charge in [0.25, 0.3) is 0 Å². The van der Waals surface area contributed by atoms with Gasteiger partial charge in [0.2, 0.25) is 0 Å². The molecule has 0 aliphatic heterocycles. The third-order valence-electron chi connectivity index (χ3n) is 5.02. The molecule has 4 aromatic carbocycles. The number of benzene rings is 4. The van der Waals surface area contributed by atoms with Crippen molar-refractivity contribution in [2.24, 2.45) is 0 Å². The standard InChI is InChI=1S/C28H27N3O2/c1-32-29-22-33-30-25-18-14-23(15-19-25)12-13-24-16-20-28(21-17-24)31(26-8-4-2-5-9-26)27-10-6-3-7-11-27/h2-21,29-30H,22H2,1H3. The predicted octanol–water partition coefficient (Wildman–Crippen LogP) is 6.78. The summed E-state index contributed by atoms with van der Waals surface area (Å²) < 4.78 is 0. The van der Waals surface area contributed by atoms with Crippen LogP contribution in [0.5, 0.6) is 0 Å². The van der Waals surface area contributed by atoms with Crippen molar-refractivity contribution in [3.63, 3.8) is 0 Å². The van der Waals surface area contributed by atoms with Gasteiger partial charge in [-0.2, -0.15) is 5.48 Å². The van der Waals surface area contributed by atoms with Gasteiger partial charge in [0.1, 0.15) is 6.73 Å². The van der Waals surface area contributed by atoms with Crippen LogP contribution in [0.4, 0.5) is 22.7 Å². The zero-order valence-electron chi connectivity index (χ0n) is 18.5. The van der Waals surface area contributed by atoms with Crippen LogP contribution in [0.1, 0.15) is 11.1 Å². The molecule has 0 amide bonds. The average Bonchev–Trinajstić information content (AvgIpc) is 2.88. The maximum Gasteiger partial charge on any atom is 0.147 e. The molecule has 2 N–H and O–H groups in total. The molecule has 4 rings (SSSR count). The van der Waals surface area contributed by atoms with Gasteiger partial charge in [-0.05, 0) is 59.7 Å².